The summed E-state index contributed by atoms with van der Waals surface area (Å²) >= 11 is 0. The van der Waals surface area contributed by atoms with Gasteiger partial charge in [-0.2, -0.15) is 5.10 Å². The van der Waals surface area contributed by atoms with Crippen molar-refractivity contribution in [3.05, 3.63) is 60.2 Å². The van der Waals surface area contributed by atoms with Crippen molar-refractivity contribution in [3.8, 4) is 6.01 Å². The number of hydrogen-bond acceptors (Lipinski definition) is 8. The van der Waals surface area contributed by atoms with Gasteiger partial charge in [-0.15, -0.1) is 0 Å². The SMILES string of the molecule is COc1ncc(Cc2noc3cc(Nc4n[nH]c5cccnc45)ccc23)cn1. The number of ether oxygens (including phenoxy) is 1. The monoisotopic (exact) mass is 373 g/mol. The summed E-state index contributed by atoms with van der Waals surface area (Å²) in [7, 11) is 1.54. The Morgan fingerprint density at radius 3 is 2.89 bits per heavy atom. The van der Waals surface area contributed by atoms with Crippen molar-refractivity contribution >= 4 is 33.5 Å². The zero-order valence-electron chi connectivity index (χ0n) is 14.9. The molecule has 138 valence electrons. The molecular weight excluding hydrogens is 358 g/mol. The molecule has 0 aliphatic rings. The first-order chi connectivity index (χ1) is 13.8. The van der Waals surface area contributed by atoms with E-state index in [2.05, 4.69) is 35.6 Å². The minimum atomic E-state index is 0.338. The van der Waals surface area contributed by atoms with Crippen LogP contribution in [-0.4, -0.2) is 37.4 Å². The second-order valence-corrected chi connectivity index (χ2v) is 6.19. The molecule has 28 heavy (non-hydrogen) atoms. The number of methoxy groups -OCH3 is 1. The third-order valence-corrected chi connectivity index (χ3v) is 4.37. The molecule has 4 aromatic heterocycles. The van der Waals surface area contributed by atoms with Crippen LogP contribution in [0.5, 0.6) is 6.01 Å². The molecule has 1 aromatic carbocycles. The van der Waals surface area contributed by atoms with Gasteiger partial charge in [-0.3, -0.25) is 10.1 Å². The highest BCUT2D eigenvalue weighted by atomic mass is 16.5. The molecule has 0 saturated carbocycles. The lowest BCUT2D eigenvalue weighted by atomic mass is 10.1. The maximum Gasteiger partial charge on any atom is 0.316 e. The molecule has 9 nitrogen and oxygen atoms in total. The summed E-state index contributed by atoms with van der Waals surface area (Å²) in [6, 6.07) is 9.94. The van der Waals surface area contributed by atoms with Gasteiger partial charge >= 0.3 is 6.01 Å². The van der Waals surface area contributed by atoms with E-state index in [0.717, 1.165) is 33.4 Å². The minimum Gasteiger partial charge on any atom is -0.467 e. The van der Waals surface area contributed by atoms with E-state index in [4.69, 9.17) is 9.26 Å². The van der Waals surface area contributed by atoms with Crippen LogP contribution >= 0.6 is 0 Å². The van der Waals surface area contributed by atoms with E-state index < -0.39 is 0 Å². The summed E-state index contributed by atoms with van der Waals surface area (Å²) in [5, 5.41) is 15.6. The highest BCUT2D eigenvalue weighted by Gasteiger charge is 2.12. The van der Waals surface area contributed by atoms with Crippen molar-refractivity contribution in [1.29, 1.82) is 0 Å². The topological polar surface area (TPSA) is 115 Å². The zero-order valence-corrected chi connectivity index (χ0v) is 14.9. The molecule has 0 bridgehead atoms. The molecule has 5 aromatic rings. The smallest absolute Gasteiger partial charge is 0.316 e. The Morgan fingerprint density at radius 1 is 1.14 bits per heavy atom. The van der Waals surface area contributed by atoms with Gasteiger partial charge in [-0.05, 0) is 29.8 Å². The van der Waals surface area contributed by atoms with Gasteiger partial charge < -0.3 is 14.6 Å². The van der Waals surface area contributed by atoms with E-state index in [1.54, 1.807) is 18.6 Å². The van der Waals surface area contributed by atoms with E-state index in [0.29, 0.717) is 23.8 Å². The van der Waals surface area contributed by atoms with E-state index >= 15 is 0 Å². The lowest BCUT2D eigenvalue weighted by molar-refractivity contribution is 0.379. The Hall–Kier alpha value is -4.01. The lowest BCUT2D eigenvalue weighted by Crippen LogP contribution is -1.95. The number of anilines is 2. The number of pyridine rings is 1. The summed E-state index contributed by atoms with van der Waals surface area (Å²) in [5.74, 6) is 0.657. The summed E-state index contributed by atoms with van der Waals surface area (Å²) in [4.78, 5) is 12.6. The molecule has 0 fully saturated rings. The molecule has 0 amide bonds. The number of rotatable bonds is 5. The first-order valence-corrected chi connectivity index (χ1v) is 8.59. The average Bonchev–Trinajstić information content (AvgIpc) is 3.33. The summed E-state index contributed by atoms with van der Waals surface area (Å²) in [6.45, 7) is 0. The Kier molecular flexibility index (Phi) is 3.82. The summed E-state index contributed by atoms with van der Waals surface area (Å²) in [6.07, 6.45) is 5.74. The fourth-order valence-corrected chi connectivity index (χ4v) is 3.01. The first-order valence-electron chi connectivity index (χ1n) is 8.59. The summed E-state index contributed by atoms with van der Waals surface area (Å²) in [5.41, 5.74) is 4.91. The van der Waals surface area contributed by atoms with E-state index in [-0.39, 0.29) is 0 Å². The van der Waals surface area contributed by atoms with Gasteiger partial charge in [-0.25, -0.2) is 9.97 Å². The molecule has 2 N–H and O–H groups in total. The van der Waals surface area contributed by atoms with Crippen LogP contribution in [0.4, 0.5) is 11.5 Å². The van der Waals surface area contributed by atoms with Crippen molar-refractivity contribution in [2.24, 2.45) is 0 Å². The highest BCUT2D eigenvalue weighted by molar-refractivity contribution is 5.89. The molecule has 9 heteroatoms. The molecule has 4 heterocycles. The molecule has 0 aliphatic carbocycles. The minimum absolute atomic E-state index is 0.338. The molecule has 0 atom stereocenters. The van der Waals surface area contributed by atoms with Gasteiger partial charge in [0.2, 0.25) is 0 Å². The van der Waals surface area contributed by atoms with E-state index in [1.165, 1.54) is 7.11 Å². The van der Waals surface area contributed by atoms with Crippen molar-refractivity contribution in [2.45, 2.75) is 6.42 Å². The van der Waals surface area contributed by atoms with Crippen molar-refractivity contribution in [3.63, 3.8) is 0 Å². The standard InChI is InChI=1S/C19H15N7O2/c1-27-19-21-9-11(10-22-19)7-15-13-5-4-12(8-16(13)28-26-15)23-18-17-14(24-25-18)3-2-6-20-17/h2-6,8-10H,7H2,1H3,(H2,23,24,25). The van der Waals surface area contributed by atoms with Crippen LogP contribution in [0.2, 0.25) is 0 Å². The fourth-order valence-electron chi connectivity index (χ4n) is 3.01. The lowest BCUT2D eigenvalue weighted by Gasteiger charge is -2.03. The molecule has 0 saturated heterocycles. The summed E-state index contributed by atoms with van der Waals surface area (Å²) < 4.78 is 10.5. The maximum atomic E-state index is 5.51. The predicted molar refractivity (Wildman–Crippen MR) is 103 cm³/mol. The number of fused-ring (bicyclic) bond motifs is 2. The normalized spacial score (nSPS) is 11.2. The molecular formula is C19H15N7O2. The van der Waals surface area contributed by atoms with E-state index in [1.807, 2.05) is 30.3 Å². The van der Waals surface area contributed by atoms with Crippen LogP contribution < -0.4 is 10.1 Å². The highest BCUT2D eigenvalue weighted by Crippen LogP contribution is 2.27. The predicted octanol–water partition coefficient (Wildman–Crippen LogP) is 3.23. The number of aromatic amines is 1. The second kappa shape index (κ2) is 6.62. The number of nitrogens with one attached hydrogen (secondary N) is 2. The van der Waals surface area contributed by atoms with Gasteiger partial charge in [0.15, 0.2) is 11.4 Å². The zero-order chi connectivity index (χ0) is 18.9. The van der Waals surface area contributed by atoms with Gasteiger partial charge in [0.25, 0.3) is 0 Å². The molecule has 0 aliphatic heterocycles. The Bertz CT molecular complexity index is 1260. The van der Waals surface area contributed by atoms with Crippen LogP contribution in [-0.2, 0) is 6.42 Å². The van der Waals surface area contributed by atoms with Crippen LogP contribution in [0.1, 0.15) is 11.3 Å². The molecule has 0 spiro atoms. The quantitative estimate of drug-likeness (QED) is 0.482. The first kappa shape index (κ1) is 16.2. The van der Waals surface area contributed by atoms with Crippen LogP contribution in [0.15, 0.2) is 53.4 Å². The van der Waals surface area contributed by atoms with Gasteiger partial charge in [0, 0.05) is 42.2 Å². The molecule has 0 radical (unpaired) electrons. The van der Waals surface area contributed by atoms with Crippen LogP contribution in [0, 0.1) is 0 Å². The van der Waals surface area contributed by atoms with Crippen LogP contribution in [0.3, 0.4) is 0 Å². The fraction of sp³-hybridized carbons (Fsp3) is 0.105. The number of aromatic nitrogens is 6. The second-order valence-electron chi connectivity index (χ2n) is 6.19. The van der Waals surface area contributed by atoms with Crippen molar-refractivity contribution in [2.75, 3.05) is 12.4 Å². The number of benzene rings is 1. The number of hydrogen-bond donors (Lipinski definition) is 2. The molecule has 5 rings (SSSR count). The van der Waals surface area contributed by atoms with Gasteiger partial charge in [0.05, 0.1) is 18.3 Å². The number of H-pyrrole nitrogens is 1. The van der Waals surface area contributed by atoms with E-state index in [9.17, 15) is 0 Å². The van der Waals surface area contributed by atoms with Crippen LogP contribution in [0.25, 0.3) is 22.0 Å². The van der Waals surface area contributed by atoms with Gasteiger partial charge in [-0.1, -0.05) is 5.16 Å². The number of nitrogens with zero attached hydrogens (tertiary/aromatic N) is 5. The Morgan fingerprint density at radius 2 is 2.04 bits per heavy atom. The molecule has 0 unspecified atom stereocenters. The average molecular weight is 373 g/mol. The Labute approximate surface area is 158 Å². The largest absolute Gasteiger partial charge is 0.467 e. The van der Waals surface area contributed by atoms with Crippen molar-refractivity contribution in [1.82, 2.24) is 30.3 Å². The maximum absolute atomic E-state index is 5.51. The third kappa shape index (κ3) is 2.88. The van der Waals surface area contributed by atoms with Crippen molar-refractivity contribution < 1.29 is 9.26 Å². The van der Waals surface area contributed by atoms with Gasteiger partial charge in [0.1, 0.15) is 5.52 Å². The Balaban J connectivity index is 1.41. The third-order valence-electron chi connectivity index (χ3n) is 4.37.